The van der Waals surface area contributed by atoms with Crippen LogP contribution in [0.2, 0.25) is 0 Å². The minimum atomic E-state index is 0.406. The van der Waals surface area contributed by atoms with Gasteiger partial charge in [-0.05, 0) is 6.42 Å². The lowest BCUT2D eigenvalue weighted by Crippen LogP contribution is -2.11. The molecule has 0 aliphatic carbocycles. The van der Waals surface area contributed by atoms with Crippen LogP contribution in [0.4, 0.5) is 0 Å². The zero-order valence-corrected chi connectivity index (χ0v) is 7.95. The molecule has 0 aromatic carbocycles. The molecule has 5 nitrogen and oxygen atoms in total. The smallest absolute Gasteiger partial charge is 0.223 e. The molecule has 0 radical (unpaired) electrons. The van der Waals surface area contributed by atoms with Crippen molar-refractivity contribution in [2.75, 3.05) is 0 Å². The highest BCUT2D eigenvalue weighted by atomic mass is 16.5. The molecule has 0 aliphatic rings. The summed E-state index contributed by atoms with van der Waals surface area (Å²) < 4.78 is 4.79. The maximum Gasteiger partial charge on any atom is 0.223 e. The van der Waals surface area contributed by atoms with Crippen molar-refractivity contribution in [1.29, 1.82) is 0 Å². The Labute approximate surface area is 77.0 Å². The van der Waals surface area contributed by atoms with Crippen LogP contribution in [0.1, 0.15) is 31.5 Å². The molecule has 0 aliphatic heterocycles. The van der Waals surface area contributed by atoms with E-state index in [-0.39, 0.29) is 0 Å². The molecule has 5 heteroatoms. The standard InChI is InChI=1S/C8H14N4O/c1-3-4-7(9)10-5-8-11-6(2)13-12-8/h3-5H2,1-2H3,(H2,9,10). The predicted octanol–water partition coefficient (Wildman–Crippen LogP) is 1.04. The lowest BCUT2D eigenvalue weighted by Gasteiger charge is -1.94. The highest BCUT2D eigenvalue weighted by Crippen LogP contribution is 1.97. The van der Waals surface area contributed by atoms with Crippen molar-refractivity contribution >= 4 is 5.84 Å². The quantitative estimate of drug-likeness (QED) is 0.557. The minimum absolute atomic E-state index is 0.406. The predicted molar refractivity (Wildman–Crippen MR) is 49.3 cm³/mol. The van der Waals surface area contributed by atoms with Gasteiger partial charge >= 0.3 is 0 Å². The Balaban J connectivity index is 2.46. The highest BCUT2D eigenvalue weighted by molar-refractivity contribution is 5.80. The van der Waals surface area contributed by atoms with Gasteiger partial charge in [0.15, 0.2) is 5.82 Å². The largest absolute Gasteiger partial charge is 0.387 e. The van der Waals surface area contributed by atoms with Gasteiger partial charge in [-0.15, -0.1) is 0 Å². The fourth-order valence-corrected chi connectivity index (χ4v) is 0.913. The Morgan fingerprint density at radius 2 is 2.38 bits per heavy atom. The van der Waals surface area contributed by atoms with Gasteiger partial charge in [0.2, 0.25) is 5.89 Å². The van der Waals surface area contributed by atoms with Crippen molar-refractivity contribution in [3.05, 3.63) is 11.7 Å². The molecule has 1 aromatic rings. The SMILES string of the molecule is CCCC(N)=NCc1noc(C)n1. The summed E-state index contributed by atoms with van der Waals surface area (Å²) in [4.78, 5) is 8.11. The number of aliphatic imine (C=N–C) groups is 1. The van der Waals surface area contributed by atoms with Gasteiger partial charge in [0.1, 0.15) is 6.54 Å². The average molecular weight is 182 g/mol. The van der Waals surface area contributed by atoms with Crippen molar-refractivity contribution < 1.29 is 4.52 Å². The number of aryl methyl sites for hydroxylation is 1. The molecule has 0 saturated heterocycles. The van der Waals surface area contributed by atoms with E-state index in [1.165, 1.54) is 0 Å². The number of nitrogens with zero attached hydrogens (tertiary/aromatic N) is 3. The topological polar surface area (TPSA) is 77.3 Å². The second-order valence-electron chi connectivity index (χ2n) is 2.79. The van der Waals surface area contributed by atoms with E-state index in [1.807, 2.05) is 0 Å². The van der Waals surface area contributed by atoms with E-state index < -0.39 is 0 Å². The molecule has 1 rings (SSSR count). The van der Waals surface area contributed by atoms with E-state index in [4.69, 9.17) is 10.3 Å². The van der Waals surface area contributed by atoms with Gasteiger partial charge in [0.25, 0.3) is 0 Å². The van der Waals surface area contributed by atoms with Crippen LogP contribution < -0.4 is 5.73 Å². The summed E-state index contributed by atoms with van der Waals surface area (Å²) in [6.07, 6.45) is 1.82. The Bertz CT molecular complexity index is 292. The molecule has 72 valence electrons. The summed E-state index contributed by atoms with van der Waals surface area (Å²) in [5.74, 6) is 1.78. The molecule has 0 atom stereocenters. The van der Waals surface area contributed by atoms with Gasteiger partial charge in [0.05, 0.1) is 5.84 Å². The van der Waals surface area contributed by atoms with Crippen molar-refractivity contribution in [3.63, 3.8) is 0 Å². The zero-order chi connectivity index (χ0) is 9.68. The zero-order valence-electron chi connectivity index (χ0n) is 7.95. The van der Waals surface area contributed by atoms with E-state index in [0.717, 1.165) is 12.8 Å². The summed E-state index contributed by atoms with van der Waals surface area (Å²) in [6.45, 7) is 4.21. The van der Waals surface area contributed by atoms with Gasteiger partial charge in [-0.1, -0.05) is 12.1 Å². The van der Waals surface area contributed by atoms with Crippen LogP contribution in [-0.2, 0) is 6.54 Å². The van der Waals surface area contributed by atoms with Crippen molar-refractivity contribution in [1.82, 2.24) is 10.1 Å². The second-order valence-corrected chi connectivity index (χ2v) is 2.79. The Morgan fingerprint density at radius 3 is 2.92 bits per heavy atom. The fraction of sp³-hybridized carbons (Fsp3) is 0.625. The summed E-state index contributed by atoms with van der Waals surface area (Å²) in [5.41, 5.74) is 5.60. The molecular weight excluding hydrogens is 168 g/mol. The molecule has 2 N–H and O–H groups in total. The van der Waals surface area contributed by atoms with Gasteiger partial charge < -0.3 is 10.3 Å². The molecule has 0 bridgehead atoms. The van der Waals surface area contributed by atoms with Gasteiger partial charge in [-0.3, -0.25) is 4.99 Å². The molecule has 1 heterocycles. The third-order valence-electron chi connectivity index (χ3n) is 1.50. The van der Waals surface area contributed by atoms with Gasteiger partial charge in [0, 0.05) is 13.3 Å². The number of hydrogen-bond donors (Lipinski definition) is 1. The lowest BCUT2D eigenvalue weighted by molar-refractivity contribution is 0.387. The highest BCUT2D eigenvalue weighted by Gasteiger charge is 2.00. The van der Waals surface area contributed by atoms with Crippen LogP contribution in [0.3, 0.4) is 0 Å². The van der Waals surface area contributed by atoms with E-state index in [0.29, 0.717) is 24.1 Å². The summed E-state index contributed by atoms with van der Waals surface area (Å²) in [7, 11) is 0. The second kappa shape index (κ2) is 4.59. The first kappa shape index (κ1) is 9.70. The summed E-state index contributed by atoms with van der Waals surface area (Å²) in [6, 6.07) is 0. The lowest BCUT2D eigenvalue weighted by atomic mass is 10.3. The molecule has 13 heavy (non-hydrogen) atoms. The number of nitrogens with two attached hydrogens (primary N) is 1. The Kier molecular flexibility index (Phi) is 3.42. The van der Waals surface area contributed by atoms with Crippen LogP contribution in [-0.4, -0.2) is 16.0 Å². The first-order valence-corrected chi connectivity index (χ1v) is 4.30. The Morgan fingerprint density at radius 1 is 1.62 bits per heavy atom. The first-order valence-electron chi connectivity index (χ1n) is 4.30. The van der Waals surface area contributed by atoms with Crippen LogP contribution >= 0.6 is 0 Å². The van der Waals surface area contributed by atoms with Crippen molar-refractivity contribution in [2.24, 2.45) is 10.7 Å². The third kappa shape index (κ3) is 3.23. The average Bonchev–Trinajstić information content (AvgIpc) is 2.49. The normalized spacial score (nSPS) is 12.0. The summed E-state index contributed by atoms with van der Waals surface area (Å²) >= 11 is 0. The number of rotatable bonds is 4. The number of amidine groups is 1. The fourth-order valence-electron chi connectivity index (χ4n) is 0.913. The van der Waals surface area contributed by atoms with E-state index in [1.54, 1.807) is 6.92 Å². The maximum absolute atomic E-state index is 5.60. The maximum atomic E-state index is 5.60. The van der Waals surface area contributed by atoms with Crippen molar-refractivity contribution in [2.45, 2.75) is 33.2 Å². The monoisotopic (exact) mass is 182 g/mol. The number of aromatic nitrogens is 2. The van der Waals surface area contributed by atoms with Gasteiger partial charge in [-0.25, -0.2) is 0 Å². The molecule has 1 aromatic heterocycles. The van der Waals surface area contributed by atoms with Crippen LogP contribution in [0, 0.1) is 6.92 Å². The van der Waals surface area contributed by atoms with Crippen LogP contribution in [0.25, 0.3) is 0 Å². The summed E-state index contributed by atoms with van der Waals surface area (Å²) in [5, 5.41) is 3.70. The Hall–Kier alpha value is -1.39. The van der Waals surface area contributed by atoms with E-state index in [9.17, 15) is 0 Å². The van der Waals surface area contributed by atoms with Crippen molar-refractivity contribution in [3.8, 4) is 0 Å². The molecule has 0 unspecified atom stereocenters. The first-order chi connectivity index (χ1) is 6.22. The molecule has 0 fully saturated rings. The molecular formula is C8H14N4O. The number of hydrogen-bond acceptors (Lipinski definition) is 4. The molecule has 0 saturated carbocycles. The van der Waals surface area contributed by atoms with Crippen LogP contribution in [0.15, 0.2) is 9.52 Å². The molecule has 0 amide bonds. The van der Waals surface area contributed by atoms with E-state index >= 15 is 0 Å². The minimum Gasteiger partial charge on any atom is -0.387 e. The third-order valence-corrected chi connectivity index (χ3v) is 1.50. The van der Waals surface area contributed by atoms with E-state index in [2.05, 4.69) is 22.1 Å². The van der Waals surface area contributed by atoms with Gasteiger partial charge in [-0.2, -0.15) is 4.98 Å². The molecule has 0 spiro atoms. The van der Waals surface area contributed by atoms with Crippen LogP contribution in [0.5, 0.6) is 0 Å².